The molecule has 2 heterocycles. The Hall–Kier alpha value is -2.86. The minimum Gasteiger partial charge on any atom is -0.494 e. The first kappa shape index (κ1) is 18.5. The Morgan fingerprint density at radius 2 is 2.07 bits per heavy atom. The van der Waals surface area contributed by atoms with E-state index < -0.39 is 0 Å². The zero-order valence-electron chi connectivity index (χ0n) is 15.5. The molecule has 0 saturated carbocycles. The number of benzene rings is 2. The van der Waals surface area contributed by atoms with Gasteiger partial charge < -0.3 is 14.2 Å². The zero-order valence-corrected chi connectivity index (χ0v) is 16.2. The molecule has 0 bridgehead atoms. The van der Waals surface area contributed by atoms with Crippen LogP contribution in [0.3, 0.4) is 0 Å². The van der Waals surface area contributed by atoms with E-state index in [2.05, 4.69) is 10.1 Å². The molecule has 144 valence electrons. The van der Waals surface area contributed by atoms with Gasteiger partial charge in [-0.25, -0.2) is 0 Å². The van der Waals surface area contributed by atoms with Crippen molar-refractivity contribution in [3.8, 4) is 17.1 Å². The van der Waals surface area contributed by atoms with Crippen molar-refractivity contribution in [2.45, 2.75) is 25.8 Å². The molecule has 0 aliphatic carbocycles. The lowest BCUT2D eigenvalue weighted by atomic mass is 10.1. The molecule has 1 fully saturated rings. The van der Waals surface area contributed by atoms with E-state index in [0.717, 1.165) is 16.9 Å². The Morgan fingerprint density at radius 3 is 2.82 bits per heavy atom. The lowest BCUT2D eigenvalue weighted by Crippen LogP contribution is -2.24. The fourth-order valence-corrected chi connectivity index (χ4v) is 3.50. The van der Waals surface area contributed by atoms with E-state index in [9.17, 15) is 4.79 Å². The normalized spacial score (nSPS) is 16.6. The number of halogens is 1. The summed E-state index contributed by atoms with van der Waals surface area (Å²) in [5.74, 6) is 1.78. The topological polar surface area (TPSA) is 68.5 Å². The lowest BCUT2D eigenvalue weighted by molar-refractivity contribution is -0.128. The van der Waals surface area contributed by atoms with E-state index in [1.807, 2.05) is 48.2 Å². The van der Waals surface area contributed by atoms with Gasteiger partial charge in [0.25, 0.3) is 0 Å². The van der Waals surface area contributed by atoms with Gasteiger partial charge >= 0.3 is 0 Å². The van der Waals surface area contributed by atoms with Gasteiger partial charge in [-0.1, -0.05) is 41.0 Å². The maximum atomic E-state index is 12.4. The van der Waals surface area contributed by atoms with Gasteiger partial charge in [0.2, 0.25) is 17.6 Å². The highest BCUT2D eigenvalue weighted by molar-refractivity contribution is 6.30. The van der Waals surface area contributed by atoms with Crippen molar-refractivity contribution in [2.24, 2.45) is 0 Å². The van der Waals surface area contributed by atoms with Crippen LogP contribution in [0.2, 0.25) is 5.02 Å². The van der Waals surface area contributed by atoms with Crippen molar-refractivity contribution >= 4 is 17.5 Å². The summed E-state index contributed by atoms with van der Waals surface area (Å²) in [6, 6.07) is 15.1. The molecular weight excluding hydrogens is 378 g/mol. The molecule has 1 unspecified atom stereocenters. The van der Waals surface area contributed by atoms with E-state index in [0.29, 0.717) is 42.9 Å². The predicted octanol–water partition coefficient (Wildman–Crippen LogP) is 4.30. The molecule has 2 aromatic carbocycles. The fraction of sp³-hybridized carbons (Fsp3) is 0.286. The molecule has 1 aliphatic heterocycles. The van der Waals surface area contributed by atoms with Crippen LogP contribution < -0.4 is 4.74 Å². The predicted molar refractivity (Wildman–Crippen MR) is 105 cm³/mol. The van der Waals surface area contributed by atoms with Crippen molar-refractivity contribution in [3.05, 3.63) is 65.0 Å². The van der Waals surface area contributed by atoms with Crippen molar-refractivity contribution in [3.63, 3.8) is 0 Å². The molecule has 0 radical (unpaired) electrons. The number of likely N-dealkylation sites (tertiary alicyclic amines) is 1. The summed E-state index contributed by atoms with van der Waals surface area (Å²) >= 11 is 6.03. The van der Waals surface area contributed by atoms with Crippen LogP contribution in [-0.4, -0.2) is 34.1 Å². The summed E-state index contributed by atoms with van der Waals surface area (Å²) in [7, 11) is 0. The Bertz CT molecular complexity index is 971. The highest BCUT2D eigenvalue weighted by Gasteiger charge is 2.34. The first-order chi connectivity index (χ1) is 13.6. The van der Waals surface area contributed by atoms with Crippen LogP contribution in [0.25, 0.3) is 11.4 Å². The second-order valence-corrected chi connectivity index (χ2v) is 7.16. The number of carbonyl (C=O) groups is 1. The summed E-state index contributed by atoms with van der Waals surface area (Å²) in [6.07, 6.45) is 0.369. The average molecular weight is 398 g/mol. The quantitative estimate of drug-likeness (QED) is 0.620. The van der Waals surface area contributed by atoms with Crippen LogP contribution in [0.1, 0.15) is 30.7 Å². The third kappa shape index (κ3) is 4.02. The lowest BCUT2D eigenvalue weighted by Gasteiger charge is -2.16. The number of amides is 1. The molecule has 4 rings (SSSR count). The van der Waals surface area contributed by atoms with Crippen molar-refractivity contribution in [1.82, 2.24) is 15.0 Å². The maximum absolute atomic E-state index is 12.4. The smallest absolute Gasteiger partial charge is 0.232 e. The molecule has 3 aromatic rings. The Kier molecular flexibility index (Phi) is 5.30. The monoisotopic (exact) mass is 397 g/mol. The van der Waals surface area contributed by atoms with Gasteiger partial charge in [-0.15, -0.1) is 0 Å². The second kappa shape index (κ2) is 8.02. The number of aromatic nitrogens is 2. The number of hydrogen-bond donors (Lipinski definition) is 0. The molecule has 1 aliphatic rings. The van der Waals surface area contributed by atoms with Crippen molar-refractivity contribution in [2.75, 3.05) is 13.2 Å². The van der Waals surface area contributed by atoms with Gasteiger partial charge in [-0.3, -0.25) is 4.79 Å². The third-order valence-corrected chi connectivity index (χ3v) is 4.93. The van der Waals surface area contributed by atoms with Gasteiger partial charge in [-0.05, 0) is 36.8 Å². The Labute approximate surface area is 168 Å². The summed E-state index contributed by atoms with van der Waals surface area (Å²) < 4.78 is 10.9. The Morgan fingerprint density at radius 1 is 1.25 bits per heavy atom. The maximum Gasteiger partial charge on any atom is 0.232 e. The summed E-state index contributed by atoms with van der Waals surface area (Å²) in [4.78, 5) is 18.7. The van der Waals surface area contributed by atoms with Crippen LogP contribution in [-0.2, 0) is 11.3 Å². The minimum atomic E-state index is -0.101. The van der Waals surface area contributed by atoms with Gasteiger partial charge in [0.15, 0.2) is 0 Å². The van der Waals surface area contributed by atoms with Crippen LogP contribution in [0.4, 0.5) is 0 Å². The first-order valence-electron chi connectivity index (χ1n) is 9.21. The van der Waals surface area contributed by atoms with Crippen LogP contribution in [0.5, 0.6) is 5.75 Å². The SMILES string of the molecule is CCOc1ccc(CN2CC(c3nc(-c4cccc(Cl)c4)no3)CC2=O)cc1. The first-order valence-corrected chi connectivity index (χ1v) is 9.59. The number of carbonyl (C=O) groups excluding carboxylic acids is 1. The molecule has 7 heteroatoms. The average Bonchev–Trinajstić information content (AvgIpc) is 3.31. The molecule has 0 spiro atoms. The molecule has 1 amide bonds. The number of rotatable bonds is 6. The molecule has 1 atom stereocenters. The number of ether oxygens (including phenoxy) is 1. The third-order valence-electron chi connectivity index (χ3n) is 4.70. The number of hydrogen-bond acceptors (Lipinski definition) is 5. The molecule has 6 nitrogen and oxygen atoms in total. The zero-order chi connectivity index (χ0) is 19.5. The van der Waals surface area contributed by atoms with Gasteiger partial charge in [0, 0.05) is 30.1 Å². The minimum absolute atomic E-state index is 0.0846. The molecule has 1 aromatic heterocycles. The van der Waals surface area contributed by atoms with Gasteiger partial charge in [-0.2, -0.15) is 4.98 Å². The Balaban J connectivity index is 1.43. The van der Waals surface area contributed by atoms with E-state index in [4.69, 9.17) is 20.9 Å². The van der Waals surface area contributed by atoms with E-state index in [1.54, 1.807) is 12.1 Å². The van der Waals surface area contributed by atoms with E-state index in [-0.39, 0.29) is 11.8 Å². The van der Waals surface area contributed by atoms with E-state index >= 15 is 0 Å². The molecule has 28 heavy (non-hydrogen) atoms. The number of nitrogens with zero attached hydrogens (tertiary/aromatic N) is 3. The van der Waals surface area contributed by atoms with Gasteiger partial charge in [0.1, 0.15) is 5.75 Å². The summed E-state index contributed by atoms with van der Waals surface area (Å²) in [5, 5.41) is 4.66. The van der Waals surface area contributed by atoms with Crippen molar-refractivity contribution in [1.29, 1.82) is 0 Å². The summed E-state index contributed by atoms with van der Waals surface area (Å²) in [6.45, 7) is 3.69. The second-order valence-electron chi connectivity index (χ2n) is 6.72. The van der Waals surface area contributed by atoms with Crippen molar-refractivity contribution < 1.29 is 14.1 Å². The molecule has 1 saturated heterocycles. The fourth-order valence-electron chi connectivity index (χ4n) is 3.31. The van der Waals surface area contributed by atoms with Crippen LogP contribution in [0.15, 0.2) is 53.1 Å². The summed E-state index contributed by atoms with van der Waals surface area (Å²) in [5.41, 5.74) is 1.85. The highest BCUT2D eigenvalue weighted by atomic mass is 35.5. The van der Waals surface area contributed by atoms with E-state index in [1.165, 1.54) is 0 Å². The standard InChI is InChI=1S/C21H20ClN3O3/c1-2-27-18-8-6-14(7-9-18)12-25-13-16(11-19(25)26)21-23-20(24-28-21)15-4-3-5-17(22)10-15/h3-10,16H,2,11-13H2,1H3. The van der Waals surface area contributed by atoms with Gasteiger partial charge in [0.05, 0.1) is 12.5 Å². The highest BCUT2D eigenvalue weighted by Crippen LogP contribution is 2.30. The van der Waals surface area contributed by atoms with Crippen LogP contribution >= 0.6 is 11.6 Å². The molecular formula is C21H20ClN3O3. The van der Waals surface area contributed by atoms with Crippen LogP contribution in [0, 0.1) is 0 Å². The molecule has 0 N–H and O–H groups in total. The largest absolute Gasteiger partial charge is 0.494 e.